The SMILES string of the molecule is S=C=N[C@H]1CCCC[C@@H]1[Se]c1ccccc1. The molecule has 0 aromatic heterocycles. The molecule has 2 rings (SSSR count). The predicted molar refractivity (Wildman–Crippen MR) is 72.9 cm³/mol. The molecule has 3 heteroatoms. The minimum atomic E-state index is 0.437. The van der Waals surface area contributed by atoms with Crippen molar-refractivity contribution in [2.45, 2.75) is 36.5 Å². The third kappa shape index (κ3) is 3.26. The first kappa shape index (κ1) is 12.0. The second-order valence-electron chi connectivity index (χ2n) is 4.04. The zero-order chi connectivity index (χ0) is 11.2. The van der Waals surface area contributed by atoms with Gasteiger partial charge in [-0.2, -0.15) is 0 Å². The van der Waals surface area contributed by atoms with E-state index in [9.17, 15) is 0 Å². The Morgan fingerprint density at radius 2 is 1.94 bits per heavy atom. The van der Waals surface area contributed by atoms with Gasteiger partial charge in [0.05, 0.1) is 0 Å². The van der Waals surface area contributed by atoms with Gasteiger partial charge in [0, 0.05) is 0 Å². The molecule has 1 aliphatic carbocycles. The Hall–Kier alpha value is -0.461. The monoisotopic (exact) mass is 297 g/mol. The Labute approximate surface area is 109 Å². The number of aliphatic imine (C=N–C) groups is 1. The van der Waals surface area contributed by atoms with E-state index in [4.69, 9.17) is 12.2 Å². The number of hydrogen-bond acceptors (Lipinski definition) is 2. The van der Waals surface area contributed by atoms with Crippen molar-refractivity contribution in [3.05, 3.63) is 30.3 Å². The second kappa shape index (κ2) is 6.32. The third-order valence-corrected chi connectivity index (χ3v) is 5.95. The van der Waals surface area contributed by atoms with Crippen LogP contribution in [0.15, 0.2) is 35.3 Å². The molecule has 0 amide bonds. The van der Waals surface area contributed by atoms with Crippen LogP contribution in [0.1, 0.15) is 25.7 Å². The molecule has 1 nitrogen and oxygen atoms in total. The Balaban J connectivity index is 2.04. The summed E-state index contributed by atoms with van der Waals surface area (Å²) in [4.78, 5) is 5.06. The first-order valence-corrected chi connectivity index (χ1v) is 7.94. The van der Waals surface area contributed by atoms with Gasteiger partial charge in [0.1, 0.15) is 0 Å². The van der Waals surface area contributed by atoms with E-state index in [-0.39, 0.29) is 0 Å². The Morgan fingerprint density at radius 3 is 2.69 bits per heavy atom. The topological polar surface area (TPSA) is 12.4 Å². The number of isothiocyanates is 1. The average Bonchev–Trinajstić information content (AvgIpc) is 2.33. The minimum absolute atomic E-state index is 0.437. The molecule has 1 aliphatic rings. The van der Waals surface area contributed by atoms with E-state index in [0.717, 1.165) is 4.82 Å². The van der Waals surface area contributed by atoms with Gasteiger partial charge in [-0.25, -0.2) is 0 Å². The van der Waals surface area contributed by atoms with Gasteiger partial charge < -0.3 is 0 Å². The Morgan fingerprint density at radius 1 is 1.19 bits per heavy atom. The summed E-state index contributed by atoms with van der Waals surface area (Å²) < 4.78 is 1.48. The maximum absolute atomic E-state index is 4.74. The van der Waals surface area contributed by atoms with Crippen molar-refractivity contribution in [1.29, 1.82) is 0 Å². The number of nitrogens with zero attached hydrogens (tertiary/aromatic N) is 1. The molecule has 0 unspecified atom stereocenters. The molecule has 0 N–H and O–H groups in total. The van der Waals surface area contributed by atoms with Crippen molar-refractivity contribution in [1.82, 2.24) is 0 Å². The summed E-state index contributed by atoms with van der Waals surface area (Å²) in [5.41, 5.74) is 0. The fourth-order valence-electron chi connectivity index (χ4n) is 2.10. The van der Waals surface area contributed by atoms with Crippen LogP contribution in [0.25, 0.3) is 0 Å². The van der Waals surface area contributed by atoms with Gasteiger partial charge in [0.15, 0.2) is 0 Å². The summed E-state index contributed by atoms with van der Waals surface area (Å²) in [5, 5.41) is 2.57. The van der Waals surface area contributed by atoms with Crippen LogP contribution in [-0.4, -0.2) is 26.2 Å². The molecule has 0 radical (unpaired) electrons. The van der Waals surface area contributed by atoms with Crippen LogP contribution in [0.5, 0.6) is 0 Å². The van der Waals surface area contributed by atoms with Gasteiger partial charge >= 0.3 is 109 Å². The van der Waals surface area contributed by atoms with E-state index in [1.807, 2.05) is 0 Å². The van der Waals surface area contributed by atoms with Gasteiger partial charge in [-0.15, -0.1) is 0 Å². The number of benzene rings is 1. The van der Waals surface area contributed by atoms with Crippen molar-refractivity contribution >= 4 is 36.8 Å². The summed E-state index contributed by atoms with van der Waals surface area (Å²) in [6.07, 6.45) is 5.15. The normalized spacial score (nSPS) is 24.8. The molecule has 84 valence electrons. The number of thiocarbonyl (C=S) groups is 1. The summed E-state index contributed by atoms with van der Waals surface area (Å²) in [7, 11) is 0. The van der Waals surface area contributed by atoms with Crippen LogP contribution in [0.2, 0.25) is 4.82 Å². The van der Waals surface area contributed by atoms with E-state index < -0.39 is 0 Å². The molecule has 0 bridgehead atoms. The molecule has 1 saturated carbocycles. The maximum atomic E-state index is 4.74. The van der Waals surface area contributed by atoms with E-state index in [0.29, 0.717) is 21.0 Å². The molecule has 16 heavy (non-hydrogen) atoms. The molecule has 0 saturated heterocycles. The van der Waals surface area contributed by atoms with Crippen LogP contribution in [-0.2, 0) is 0 Å². The van der Waals surface area contributed by atoms with Crippen LogP contribution in [0.3, 0.4) is 0 Å². The molecule has 0 aliphatic heterocycles. The first-order chi connectivity index (χ1) is 7.90. The predicted octanol–water partition coefficient (Wildman–Crippen LogP) is 2.85. The number of hydrogen-bond donors (Lipinski definition) is 0. The standard InChI is InChI=1S/C13H15NSSe/c15-10-14-12-8-4-5-9-13(12)16-11-6-2-1-3-7-11/h1-3,6-7,12-13H,4-5,8-9H2/t12-,13-/m0/s1. The average molecular weight is 296 g/mol. The third-order valence-electron chi connectivity index (χ3n) is 2.92. The second-order valence-corrected chi connectivity index (χ2v) is 6.98. The van der Waals surface area contributed by atoms with E-state index in [1.165, 1.54) is 30.1 Å². The van der Waals surface area contributed by atoms with E-state index >= 15 is 0 Å². The molecule has 0 heterocycles. The van der Waals surface area contributed by atoms with Crippen molar-refractivity contribution in [3.8, 4) is 0 Å². The van der Waals surface area contributed by atoms with Gasteiger partial charge in [-0.1, -0.05) is 0 Å². The number of rotatable bonds is 3. The molecular weight excluding hydrogens is 281 g/mol. The van der Waals surface area contributed by atoms with Crippen LogP contribution in [0.4, 0.5) is 0 Å². The van der Waals surface area contributed by atoms with E-state index in [2.05, 4.69) is 40.5 Å². The fourth-order valence-corrected chi connectivity index (χ4v) is 4.97. The Kier molecular flexibility index (Phi) is 4.74. The van der Waals surface area contributed by atoms with Crippen LogP contribution >= 0.6 is 12.2 Å². The molecule has 1 aromatic carbocycles. The van der Waals surface area contributed by atoms with Gasteiger partial charge in [-0.05, 0) is 0 Å². The van der Waals surface area contributed by atoms with Gasteiger partial charge in [0.2, 0.25) is 0 Å². The summed E-state index contributed by atoms with van der Waals surface area (Å²) in [6.45, 7) is 0. The zero-order valence-electron chi connectivity index (χ0n) is 9.13. The van der Waals surface area contributed by atoms with Crippen molar-refractivity contribution in [3.63, 3.8) is 0 Å². The van der Waals surface area contributed by atoms with Crippen molar-refractivity contribution in [2.75, 3.05) is 0 Å². The first-order valence-electron chi connectivity index (χ1n) is 5.69. The molecule has 1 fully saturated rings. The zero-order valence-corrected chi connectivity index (χ0v) is 11.7. The summed E-state index contributed by atoms with van der Waals surface area (Å²) in [6, 6.07) is 11.2. The molecule has 2 atom stereocenters. The fraction of sp³-hybridized carbons (Fsp3) is 0.462. The van der Waals surface area contributed by atoms with Crippen molar-refractivity contribution < 1.29 is 0 Å². The van der Waals surface area contributed by atoms with Crippen LogP contribution in [0, 0.1) is 0 Å². The summed E-state index contributed by atoms with van der Waals surface area (Å²) in [5.74, 6) is 0. The molecule has 1 aromatic rings. The van der Waals surface area contributed by atoms with Crippen LogP contribution < -0.4 is 4.46 Å². The quantitative estimate of drug-likeness (QED) is 0.475. The van der Waals surface area contributed by atoms with Gasteiger partial charge in [0.25, 0.3) is 0 Å². The van der Waals surface area contributed by atoms with Crippen molar-refractivity contribution in [2.24, 2.45) is 4.99 Å². The molecule has 0 spiro atoms. The van der Waals surface area contributed by atoms with Gasteiger partial charge in [-0.3, -0.25) is 0 Å². The summed E-state index contributed by atoms with van der Waals surface area (Å²) >= 11 is 5.27. The molecular formula is C13H15NSSe. The Bertz CT molecular complexity index is 373. The van der Waals surface area contributed by atoms with E-state index in [1.54, 1.807) is 0 Å².